The van der Waals surface area contributed by atoms with Gasteiger partial charge in [-0.05, 0) is 26.0 Å². The van der Waals surface area contributed by atoms with Gasteiger partial charge in [-0.3, -0.25) is 9.69 Å². The molecule has 0 aliphatic heterocycles. The lowest BCUT2D eigenvalue weighted by Gasteiger charge is -2.24. The van der Waals surface area contributed by atoms with Crippen molar-refractivity contribution in [2.45, 2.75) is 19.9 Å². The van der Waals surface area contributed by atoms with E-state index in [2.05, 4.69) is 0 Å². The standard InChI is InChI=1S/C13H17F2NO2/c1-9(2)16(6-7-17)8-12(18)13-10(14)4-3-5-11(13)15/h3-5,9,17H,6-8H2,1-2H3. The highest BCUT2D eigenvalue weighted by Crippen LogP contribution is 2.14. The molecule has 5 heteroatoms. The number of carbonyl (C=O) groups excluding carboxylic acids is 1. The van der Waals surface area contributed by atoms with Crippen LogP contribution in [0.3, 0.4) is 0 Å². The van der Waals surface area contributed by atoms with E-state index in [1.807, 2.05) is 13.8 Å². The second-order valence-corrected chi connectivity index (χ2v) is 4.31. The van der Waals surface area contributed by atoms with Gasteiger partial charge in [0.15, 0.2) is 5.78 Å². The Morgan fingerprint density at radius 2 is 1.89 bits per heavy atom. The van der Waals surface area contributed by atoms with Crippen molar-refractivity contribution in [3.8, 4) is 0 Å². The van der Waals surface area contributed by atoms with Crippen molar-refractivity contribution >= 4 is 5.78 Å². The Labute approximate surface area is 105 Å². The number of hydrogen-bond acceptors (Lipinski definition) is 3. The van der Waals surface area contributed by atoms with Crippen LogP contribution in [0.15, 0.2) is 18.2 Å². The van der Waals surface area contributed by atoms with Crippen molar-refractivity contribution in [2.24, 2.45) is 0 Å². The molecule has 18 heavy (non-hydrogen) atoms. The molecule has 0 radical (unpaired) electrons. The van der Waals surface area contributed by atoms with E-state index in [0.717, 1.165) is 12.1 Å². The summed E-state index contributed by atoms with van der Waals surface area (Å²) in [4.78, 5) is 13.5. The Balaban J connectivity index is 2.87. The van der Waals surface area contributed by atoms with Crippen LogP contribution >= 0.6 is 0 Å². The molecule has 3 nitrogen and oxygen atoms in total. The molecule has 1 aromatic rings. The SMILES string of the molecule is CC(C)N(CCO)CC(=O)c1c(F)cccc1F. The van der Waals surface area contributed by atoms with Gasteiger partial charge in [-0.1, -0.05) is 6.07 Å². The van der Waals surface area contributed by atoms with Crippen LogP contribution in [0, 0.1) is 11.6 Å². The number of hydrogen-bond donors (Lipinski definition) is 1. The number of rotatable bonds is 6. The number of Topliss-reactive ketones (excluding diaryl/α,β-unsaturated/α-hetero) is 1. The van der Waals surface area contributed by atoms with Crippen LogP contribution in [0.5, 0.6) is 0 Å². The molecule has 0 fully saturated rings. The Morgan fingerprint density at radius 1 is 1.33 bits per heavy atom. The molecule has 0 atom stereocenters. The minimum Gasteiger partial charge on any atom is -0.395 e. The summed E-state index contributed by atoms with van der Waals surface area (Å²) in [7, 11) is 0. The lowest BCUT2D eigenvalue weighted by molar-refractivity contribution is 0.0873. The van der Waals surface area contributed by atoms with Crippen LogP contribution in [-0.2, 0) is 0 Å². The number of aliphatic hydroxyl groups is 1. The third kappa shape index (κ3) is 3.58. The maximum absolute atomic E-state index is 13.4. The Hall–Kier alpha value is -1.33. The van der Waals surface area contributed by atoms with Crippen LogP contribution in [0.1, 0.15) is 24.2 Å². The average molecular weight is 257 g/mol. The Bertz CT molecular complexity index is 401. The number of halogens is 2. The molecule has 1 N–H and O–H groups in total. The maximum Gasteiger partial charge on any atom is 0.182 e. The molecule has 0 heterocycles. The first-order valence-corrected chi connectivity index (χ1v) is 5.79. The van der Waals surface area contributed by atoms with Crippen LogP contribution in [0.2, 0.25) is 0 Å². The minimum atomic E-state index is -0.854. The molecule has 0 aromatic heterocycles. The normalized spacial score (nSPS) is 11.3. The van der Waals surface area contributed by atoms with Gasteiger partial charge in [0, 0.05) is 12.6 Å². The summed E-state index contributed by atoms with van der Waals surface area (Å²) in [6.45, 7) is 3.77. The molecule has 1 rings (SSSR count). The fourth-order valence-corrected chi connectivity index (χ4v) is 1.68. The lowest BCUT2D eigenvalue weighted by Crippen LogP contribution is -2.38. The van der Waals surface area contributed by atoms with E-state index in [1.54, 1.807) is 4.90 Å². The van der Waals surface area contributed by atoms with Gasteiger partial charge in [0.05, 0.1) is 18.7 Å². The van der Waals surface area contributed by atoms with Gasteiger partial charge >= 0.3 is 0 Å². The maximum atomic E-state index is 13.4. The number of carbonyl (C=O) groups is 1. The van der Waals surface area contributed by atoms with Gasteiger partial charge in [0.2, 0.25) is 0 Å². The largest absolute Gasteiger partial charge is 0.395 e. The Morgan fingerprint density at radius 3 is 2.33 bits per heavy atom. The molecule has 0 unspecified atom stereocenters. The first kappa shape index (κ1) is 14.7. The smallest absolute Gasteiger partial charge is 0.182 e. The van der Waals surface area contributed by atoms with Gasteiger partial charge in [-0.25, -0.2) is 8.78 Å². The van der Waals surface area contributed by atoms with Crippen molar-refractivity contribution in [3.05, 3.63) is 35.4 Å². The average Bonchev–Trinajstić information content (AvgIpc) is 2.28. The van der Waals surface area contributed by atoms with E-state index in [9.17, 15) is 13.6 Å². The summed E-state index contributed by atoms with van der Waals surface area (Å²) in [6.07, 6.45) is 0. The monoisotopic (exact) mass is 257 g/mol. The van der Waals surface area contributed by atoms with Crippen molar-refractivity contribution in [3.63, 3.8) is 0 Å². The van der Waals surface area contributed by atoms with Crippen molar-refractivity contribution in [2.75, 3.05) is 19.7 Å². The van der Waals surface area contributed by atoms with Gasteiger partial charge in [0.1, 0.15) is 11.6 Å². The fourth-order valence-electron chi connectivity index (χ4n) is 1.68. The summed E-state index contributed by atoms with van der Waals surface area (Å²) in [6, 6.07) is 3.34. The molecule has 0 aliphatic rings. The fraction of sp³-hybridized carbons (Fsp3) is 0.462. The summed E-state index contributed by atoms with van der Waals surface area (Å²) in [5.74, 6) is -2.33. The molecule has 0 spiro atoms. The third-order valence-electron chi connectivity index (χ3n) is 2.71. The molecule has 0 saturated carbocycles. The second-order valence-electron chi connectivity index (χ2n) is 4.31. The van der Waals surface area contributed by atoms with E-state index in [4.69, 9.17) is 5.11 Å². The van der Waals surface area contributed by atoms with Crippen molar-refractivity contribution < 1.29 is 18.7 Å². The van der Waals surface area contributed by atoms with Gasteiger partial charge in [0.25, 0.3) is 0 Å². The van der Waals surface area contributed by atoms with E-state index < -0.39 is 23.0 Å². The zero-order valence-corrected chi connectivity index (χ0v) is 10.5. The van der Waals surface area contributed by atoms with Gasteiger partial charge < -0.3 is 5.11 Å². The van der Waals surface area contributed by atoms with Crippen LogP contribution in [0.25, 0.3) is 0 Å². The van der Waals surface area contributed by atoms with Crippen LogP contribution < -0.4 is 0 Å². The second kappa shape index (κ2) is 6.56. The van der Waals surface area contributed by atoms with Crippen LogP contribution in [0.4, 0.5) is 8.78 Å². The van der Waals surface area contributed by atoms with E-state index in [0.29, 0.717) is 6.54 Å². The van der Waals surface area contributed by atoms with E-state index >= 15 is 0 Å². The highest BCUT2D eigenvalue weighted by Gasteiger charge is 2.20. The topological polar surface area (TPSA) is 40.5 Å². The number of ketones is 1. The number of nitrogens with zero attached hydrogens (tertiary/aromatic N) is 1. The molecule has 0 aliphatic carbocycles. The van der Waals surface area contributed by atoms with Gasteiger partial charge in [-0.2, -0.15) is 0 Å². The van der Waals surface area contributed by atoms with Crippen molar-refractivity contribution in [1.29, 1.82) is 0 Å². The molecule has 0 amide bonds. The van der Waals surface area contributed by atoms with Crippen LogP contribution in [-0.4, -0.2) is 41.5 Å². The summed E-state index contributed by atoms with van der Waals surface area (Å²) >= 11 is 0. The third-order valence-corrected chi connectivity index (χ3v) is 2.71. The zero-order chi connectivity index (χ0) is 13.7. The number of benzene rings is 1. The molecule has 100 valence electrons. The molecular formula is C13H17F2NO2. The van der Waals surface area contributed by atoms with E-state index in [-0.39, 0.29) is 19.2 Å². The predicted octanol–water partition coefficient (Wildman–Crippen LogP) is 1.85. The Kier molecular flexibility index (Phi) is 5.37. The van der Waals surface area contributed by atoms with E-state index in [1.165, 1.54) is 6.07 Å². The highest BCUT2D eigenvalue weighted by atomic mass is 19.1. The number of aliphatic hydroxyl groups excluding tert-OH is 1. The summed E-state index contributed by atoms with van der Waals surface area (Å²) < 4.78 is 26.8. The minimum absolute atomic E-state index is 0.0101. The highest BCUT2D eigenvalue weighted by molar-refractivity contribution is 5.98. The zero-order valence-electron chi connectivity index (χ0n) is 10.5. The quantitative estimate of drug-likeness (QED) is 0.791. The predicted molar refractivity (Wildman–Crippen MR) is 64.5 cm³/mol. The van der Waals surface area contributed by atoms with Crippen molar-refractivity contribution in [1.82, 2.24) is 4.90 Å². The summed E-state index contributed by atoms with van der Waals surface area (Å²) in [5.41, 5.74) is -0.513. The molecular weight excluding hydrogens is 240 g/mol. The summed E-state index contributed by atoms with van der Waals surface area (Å²) in [5, 5.41) is 8.88. The molecule has 1 aromatic carbocycles. The lowest BCUT2D eigenvalue weighted by atomic mass is 10.1. The first-order chi connectivity index (χ1) is 8.47. The molecule has 0 saturated heterocycles. The first-order valence-electron chi connectivity index (χ1n) is 5.79. The molecule has 0 bridgehead atoms. The van der Waals surface area contributed by atoms with Gasteiger partial charge in [-0.15, -0.1) is 0 Å².